The highest BCUT2D eigenvalue weighted by Crippen LogP contribution is 2.34. The fourth-order valence-electron chi connectivity index (χ4n) is 2.78. The molecule has 2 heteroatoms. The molecule has 1 aromatic rings. The Labute approximate surface area is 97.3 Å². The first-order valence-corrected chi connectivity index (χ1v) is 6.14. The molecule has 1 fully saturated rings. The van der Waals surface area contributed by atoms with Crippen molar-refractivity contribution in [3.63, 3.8) is 0 Å². The monoisotopic (exact) mass is 221 g/mol. The van der Waals surface area contributed by atoms with Crippen LogP contribution in [0.2, 0.25) is 0 Å². The number of halogens is 1. The summed E-state index contributed by atoms with van der Waals surface area (Å²) in [5.41, 5.74) is 1.31. The van der Waals surface area contributed by atoms with Crippen LogP contribution in [0.1, 0.15) is 31.2 Å². The fraction of sp³-hybridized carbons (Fsp3) is 0.571. The summed E-state index contributed by atoms with van der Waals surface area (Å²) in [7, 11) is 2.18. The van der Waals surface area contributed by atoms with E-state index in [1.54, 1.807) is 12.1 Å². The lowest BCUT2D eigenvalue weighted by atomic mass is 9.79. The average Bonchev–Trinajstić information content (AvgIpc) is 2.30. The van der Waals surface area contributed by atoms with E-state index in [4.69, 9.17) is 0 Å². The molecule has 0 radical (unpaired) electrons. The van der Waals surface area contributed by atoms with Crippen molar-refractivity contribution in [1.82, 2.24) is 4.90 Å². The Morgan fingerprint density at radius 2 is 2.00 bits per heavy atom. The number of hydrogen-bond donors (Lipinski definition) is 0. The summed E-state index contributed by atoms with van der Waals surface area (Å²) in [6.45, 7) is 4.57. The number of likely N-dealkylation sites (tertiary alicyclic amines) is 1. The van der Waals surface area contributed by atoms with Gasteiger partial charge in [-0.2, -0.15) is 0 Å². The van der Waals surface area contributed by atoms with Crippen LogP contribution >= 0.6 is 0 Å². The van der Waals surface area contributed by atoms with E-state index in [1.165, 1.54) is 24.9 Å². The number of nitrogens with zero attached hydrogens (tertiary/aromatic N) is 1. The Kier molecular flexibility index (Phi) is 3.59. The molecule has 1 aliphatic rings. The molecule has 1 heterocycles. The quantitative estimate of drug-likeness (QED) is 0.741. The van der Waals surface area contributed by atoms with E-state index in [1.807, 2.05) is 12.1 Å². The second-order valence-corrected chi connectivity index (χ2v) is 4.88. The van der Waals surface area contributed by atoms with Gasteiger partial charge >= 0.3 is 0 Å². The molecule has 0 aliphatic carbocycles. The predicted octanol–water partition coefficient (Wildman–Crippen LogP) is 3.27. The van der Waals surface area contributed by atoms with Crippen LogP contribution in [0.15, 0.2) is 24.3 Å². The summed E-state index contributed by atoms with van der Waals surface area (Å²) in [4.78, 5) is 2.40. The maximum atomic E-state index is 12.9. The third-order valence-corrected chi connectivity index (χ3v) is 3.76. The van der Waals surface area contributed by atoms with Crippen LogP contribution < -0.4 is 0 Å². The number of piperidine rings is 1. The molecule has 1 aromatic carbocycles. The van der Waals surface area contributed by atoms with Crippen LogP contribution in [-0.2, 0) is 0 Å². The molecule has 2 unspecified atom stereocenters. The highest BCUT2D eigenvalue weighted by atomic mass is 19.1. The third-order valence-electron chi connectivity index (χ3n) is 3.76. The minimum absolute atomic E-state index is 0.135. The van der Waals surface area contributed by atoms with Gasteiger partial charge in [0.25, 0.3) is 0 Å². The smallest absolute Gasteiger partial charge is 0.123 e. The largest absolute Gasteiger partial charge is 0.306 e. The summed E-state index contributed by atoms with van der Waals surface area (Å²) < 4.78 is 12.9. The molecule has 2 rings (SSSR count). The van der Waals surface area contributed by atoms with E-state index in [9.17, 15) is 4.39 Å². The fourth-order valence-corrected chi connectivity index (χ4v) is 2.78. The second-order valence-electron chi connectivity index (χ2n) is 4.88. The van der Waals surface area contributed by atoms with Crippen molar-refractivity contribution < 1.29 is 4.39 Å². The molecule has 1 nitrogen and oxygen atoms in total. The molecule has 0 saturated carbocycles. The third kappa shape index (κ3) is 2.43. The maximum absolute atomic E-state index is 12.9. The highest BCUT2D eigenvalue weighted by molar-refractivity contribution is 5.22. The minimum Gasteiger partial charge on any atom is -0.306 e. The molecule has 1 saturated heterocycles. The summed E-state index contributed by atoms with van der Waals surface area (Å²) in [5, 5.41) is 0. The van der Waals surface area contributed by atoms with Crippen molar-refractivity contribution >= 4 is 0 Å². The molecular weight excluding hydrogens is 201 g/mol. The standard InChI is InChI=1S/C14H20FN/c1-3-11-10-16(2)9-8-14(11)12-4-6-13(15)7-5-12/h4-7,11,14H,3,8-10H2,1-2H3. The van der Waals surface area contributed by atoms with Crippen LogP contribution in [0.25, 0.3) is 0 Å². The van der Waals surface area contributed by atoms with Crippen LogP contribution in [0, 0.1) is 11.7 Å². The number of hydrogen-bond acceptors (Lipinski definition) is 1. The SMILES string of the molecule is CCC1CN(C)CCC1c1ccc(F)cc1. The van der Waals surface area contributed by atoms with Gasteiger partial charge in [0.1, 0.15) is 5.82 Å². The van der Waals surface area contributed by atoms with Crippen molar-refractivity contribution in [2.45, 2.75) is 25.7 Å². The molecule has 0 N–H and O–H groups in total. The summed E-state index contributed by atoms with van der Waals surface area (Å²) in [6, 6.07) is 7.07. The van der Waals surface area contributed by atoms with E-state index in [-0.39, 0.29) is 5.82 Å². The topological polar surface area (TPSA) is 3.24 Å². The number of benzene rings is 1. The molecule has 88 valence electrons. The Morgan fingerprint density at radius 3 is 2.62 bits per heavy atom. The minimum atomic E-state index is -0.135. The first kappa shape index (κ1) is 11.6. The Bertz CT molecular complexity index is 333. The molecular formula is C14H20FN. The normalized spacial score (nSPS) is 26.9. The van der Waals surface area contributed by atoms with Gasteiger partial charge in [-0.15, -0.1) is 0 Å². The van der Waals surface area contributed by atoms with Crippen molar-refractivity contribution in [2.75, 3.05) is 20.1 Å². The van der Waals surface area contributed by atoms with Crippen LogP contribution in [0.3, 0.4) is 0 Å². The molecule has 16 heavy (non-hydrogen) atoms. The highest BCUT2D eigenvalue weighted by Gasteiger charge is 2.27. The van der Waals surface area contributed by atoms with E-state index >= 15 is 0 Å². The van der Waals surface area contributed by atoms with Crippen LogP contribution in [0.4, 0.5) is 4.39 Å². The van der Waals surface area contributed by atoms with Gasteiger partial charge in [-0.1, -0.05) is 25.5 Å². The molecule has 0 bridgehead atoms. The summed E-state index contributed by atoms with van der Waals surface area (Å²) >= 11 is 0. The zero-order chi connectivity index (χ0) is 11.5. The van der Waals surface area contributed by atoms with E-state index in [0.29, 0.717) is 11.8 Å². The Hall–Kier alpha value is -0.890. The summed E-state index contributed by atoms with van der Waals surface area (Å²) in [6.07, 6.45) is 2.40. The van der Waals surface area contributed by atoms with Crippen LogP contribution in [0.5, 0.6) is 0 Å². The molecule has 2 atom stereocenters. The van der Waals surface area contributed by atoms with Gasteiger partial charge in [-0.05, 0) is 49.5 Å². The summed E-state index contributed by atoms with van der Waals surface area (Å²) in [5.74, 6) is 1.19. The van der Waals surface area contributed by atoms with Crippen molar-refractivity contribution in [3.8, 4) is 0 Å². The van der Waals surface area contributed by atoms with Gasteiger partial charge < -0.3 is 4.90 Å². The first-order chi connectivity index (χ1) is 7.70. The van der Waals surface area contributed by atoms with Crippen molar-refractivity contribution in [3.05, 3.63) is 35.6 Å². The Morgan fingerprint density at radius 1 is 1.31 bits per heavy atom. The lowest BCUT2D eigenvalue weighted by Crippen LogP contribution is -2.36. The van der Waals surface area contributed by atoms with Crippen molar-refractivity contribution in [1.29, 1.82) is 0 Å². The van der Waals surface area contributed by atoms with Gasteiger partial charge in [0, 0.05) is 6.54 Å². The molecule has 0 spiro atoms. The van der Waals surface area contributed by atoms with Gasteiger partial charge in [0.2, 0.25) is 0 Å². The zero-order valence-electron chi connectivity index (χ0n) is 10.1. The number of rotatable bonds is 2. The second kappa shape index (κ2) is 4.96. The zero-order valence-corrected chi connectivity index (χ0v) is 10.1. The Balaban J connectivity index is 2.15. The van der Waals surface area contributed by atoms with Crippen molar-refractivity contribution in [2.24, 2.45) is 5.92 Å². The average molecular weight is 221 g/mol. The predicted molar refractivity (Wildman–Crippen MR) is 65.0 cm³/mol. The lowest BCUT2D eigenvalue weighted by molar-refractivity contribution is 0.180. The first-order valence-electron chi connectivity index (χ1n) is 6.14. The van der Waals surface area contributed by atoms with Gasteiger partial charge in [0.05, 0.1) is 0 Å². The maximum Gasteiger partial charge on any atom is 0.123 e. The lowest BCUT2D eigenvalue weighted by Gasteiger charge is -2.36. The van der Waals surface area contributed by atoms with Gasteiger partial charge in [-0.25, -0.2) is 4.39 Å². The van der Waals surface area contributed by atoms with E-state index in [0.717, 1.165) is 6.54 Å². The van der Waals surface area contributed by atoms with Crippen LogP contribution in [-0.4, -0.2) is 25.0 Å². The van der Waals surface area contributed by atoms with E-state index < -0.39 is 0 Å². The molecule has 1 aliphatic heterocycles. The van der Waals surface area contributed by atoms with Gasteiger partial charge in [-0.3, -0.25) is 0 Å². The molecule has 0 aromatic heterocycles. The molecule has 0 amide bonds. The van der Waals surface area contributed by atoms with E-state index in [2.05, 4.69) is 18.9 Å². The van der Waals surface area contributed by atoms with Gasteiger partial charge in [0.15, 0.2) is 0 Å².